The third-order valence-corrected chi connectivity index (χ3v) is 17.9. The van der Waals surface area contributed by atoms with Crippen molar-refractivity contribution < 1.29 is 47.9 Å². The van der Waals surface area contributed by atoms with Gasteiger partial charge in [0.15, 0.2) is 19.7 Å². The highest BCUT2D eigenvalue weighted by atomic mass is 28.4. The average Bonchev–Trinajstić information content (AvgIpc) is 3.37. The molecular formula is C38H56O10Si. The van der Waals surface area contributed by atoms with Crippen LogP contribution in [0.1, 0.15) is 92.4 Å². The highest BCUT2D eigenvalue weighted by molar-refractivity contribution is 6.73. The van der Waals surface area contributed by atoms with E-state index < -0.39 is 90.6 Å². The number of aliphatic hydroxyl groups is 2. The molecule has 1 unspecified atom stereocenters. The molecule has 0 aromatic heterocycles. The molecule has 2 N–H and O–H groups in total. The first-order valence-electron chi connectivity index (χ1n) is 18.1. The zero-order valence-corrected chi connectivity index (χ0v) is 31.8. The molecular weight excluding hydrogens is 644 g/mol. The molecule has 0 spiro atoms. The number of carbonyl (C=O) groups excluding carboxylic acids is 2. The van der Waals surface area contributed by atoms with E-state index >= 15 is 0 Å². The van der Waals surface area contributed by atoms with E-state index in [4.69, 9.17) is 28.1 Å². The molecule has 10 nitrogen and oxygen atoms in total. The molecule has 1 aromatic carbocycles. The minimum atomic E-state index is -2.24. The maximum absolute atomic E-state index is 14.2. The molecule has 272 valence electrons. The van der Waals surface area contributed by atoms with Gasteiger partial charge < -0.3 is 38.3 Å². The van der Waals surface area contributed by atoms with Crippen LogP contribution in [0.3, 0.4) is 0 Å². The molecule has 3 aliphatic carbocycles. The summed E-state index contributed by atoms with van der Waals surface area (Å²) in [5.74, 6) is -3.17. The topological polar surface area (TPSA) is 130 Å². The van der Waals surface area contributed by atoms with Crippen molar-refractivity contribution in [1.29, 1.82) is 0 Å². The number of carbonyl (C=O) groups is 2. The molecule has 4 fully saturated rings. The van der Waals surface area contributed by atoms with Crippen LogP contribution in [0.5, 0.6) is 0 Å². The van der Waals surface area contributed by atoms with Crippen molar-refractivity contribution in [1.82, 2.24) is 0 Å². The molecule has 2 saturated heterocycles. The van der Waals surface area contributed by atoms with E-state index in [1.54, 1.807) is 24.3 Å². The van der Waals surface area contributed by atoms with Crippen molar-refractivity contribution in [2.45, 2.75) is 154 Å². The Morgan fingerprint density at radius 3 is 2.18 bits per heavy atom. The molecule has 0 amide bonds. The van der Waals surface area contributed by atoms with Crippen molar-refractivity contribution in [2.24, 2.45) is 16.7 Å². The van der Waals surface area contributed by atoms with E-state index in [-0.39, 0.29) is 19.4 Å². The fourth-order valence-electron chi connectivity index (χ4n) is 10.2. The third kappa shape index (κ3) is 5.32. The van der Waals surface area contributed by atoms with Crippen LogP contribution < -0.4 is 0 Å². The summed E-state index contributed by atoms with van der Waals surface area (Å²) in [6.45, 7) is 19.5. The maximum Gasteiger partial charge on any atom is 0.338 e. The predicted molar refractivity (Wildman–Crippen MR) is 184 cm³/mol. The molecule has 11 heteroatoms. The molecule has 2 saturated carbocycles. The van der Waals surface area contributed by atoms with Gasteiger partial charge in [-0.15, -0.1) is 0 Å². The van der Waals surface area contributed by atoms with E-state index in [2.05, 4.69) is 27.7 Å². The number of benzene rings is 1. The molecule has 0 radical (unpaired) electrons. The van der Waals surface area contributed by atoms with E-state index in [9.17, 15) is 19.8 Å². The fraction of sp³-hybridized carbons (Fsp3) is 0.737. The Hall–Kier alpha value is -2.12. The first-order valence-corrected chi connectivity index (χ1v) is 20.6. The Kier molecular flexibility index (Phi) is 9.16. The Balaban J connectivity index is 1.66. The molecule has 1 aromatic rings. The number of aliphatic hydroxyl groups excluding tert-OH is 1. The summed E-state index contributed by atoms with van der Waals surface area (Å²) in [7, 11) is -2.24. The molecule has 6 rings (SSSR count). The maximum atomic E-state index is 14.2. The zero-order valence-electron chi connectivity index (χ0n) is 30.8. The largest absolute Gasteiger partial charge is 0.455 e. The molecule has 10 atom stereocenters. The van der Waals surface area contributed by atoms with Gasteiger partial charge in [0.1, 0.15) is 23.9 Å². The third-order valence-electron chi connectivity index (χ3n) is 13.2. The zero-order chi connectivity index (χ0) is 35.9. The second-order valence-electron chi connectivity index (χ2n) is 16.3. The van der Waals surface area contributed by atoms with Crippen molar-refractivity contribution in [3.05, 3.63) is 47.0 Å². The van der Waals surface area contributed by atoms with Crippen LogP contribution in [0, 0.1) is 16.7 Å². The molecule has 2 bridgehead atoms. The molecule has 5 aliphatic rings. The summed E-state index contributed by atoms with van der Waals surface area (Å²) in [5.41, 5.74) is -3.28. The highest BCUT2D eigenvalue weighted by Gasteiger charge is 2.79. The van der Waals surface area contributed by atoms with Crippen molar-refractivity contribution in [3.8, 4) is 0 Å². The van der Waals surface area contributed by atoms with Gasteiger partial charge in [0.2, 0.25) is 0 Å². The smallest absolute Gasteiger partial charge is 0.338 e. The lowest BCUT2D eigenvalue weighted by Gasteiger charge is -2.69. The van der Waals surface area contributed by atoms with Crippen LogP contribution in [0.2, 0.25) is 18.1 Å². The number of hydrogen-bond acceptors (Lipinski definition) is 10. The number of ether oxygens (including phenoxy) is 5. The van der Waals surface area contributed by atoms with Gasteiger partial charge in [-0.2, -0.15) is 0 Å². The van der Waals surface area contributed by atoms with Crippen LogP contribution in [-0.2, 0) is 32.9 Å². The van der Waals surface area contributed by atoms with E-state index in [1.807, 2.05) is 40.7 Å². The second kappa shape index (κ2) is 12.2. The summed E-state index contributed by atoms with van der Waals surface area (Å²) in [4.78, 5) is 27.2. The van der Waals surface area contributed by atoms with Gasteiger partial charge in [-0.05, 0) is 62.2 Å². The Labute approximate surface area is 291 Å². The van der Waals surface area contributed by atoms with Crippen LogP contribution >= 0.6 is 0 Å². The van der Waals surface area contributed by atoms with Gasteiger partial charge >= 0.3 is 11.9 Å². The fourth-order valence-corrected chi connectivity index (χ4v) is 13.1. The lowest BCUT2D eigenvalue weighted by atomic mass is 9.44. The van der Waals surface area contributed by atoms with Crippen LogP contribution in [0.15, 0.2) is 41.5 Å². The van der Waals surface area contributed by atoms with E-state index in [0.717, 1.165) is 29.3 Å². The summed E-state index contributed by atoms with van der Waals surface area (Å²) < 4.78 is 39.9. The van der Waals surface area contributed by atoms with Crippen LogP contribution in [-0.4, -0.2) is 90.7 Å². The van der Waals surface area contributed by atoms with Crippen molar-refractivity contribution in [2.75, 3.05) is 6.61 Å². The Bertz CT molecular complexity index is 1480. The van der Waals surface area contributed by atoms with Crippen molar-refractivity contribution >= 4 is 20.3 Å². The first-order chi connectivity index (χ1) is 22.9. The molecule has 2 aliphatic heterocycles. The van der Waals surface area contributed by atoms with Gasteiger partial charge in [-0.25, -0.2) is 4.79 Å². The highest BCUT2D eigenvalue weighted by Crippen LogP contribution is 2.67. The monoisotopic (exact) mass is 700 g/mol. The van der Waals surface area contributed by atoms with Crippen LogP contribution in [0.25, 0.3) is 0 Å². The van der Waals surface area contributed by atoms with Crippen LogP contribution in [0.4, 0.5) is 0 Å². The van der Waals surface area contributed by atoms with Gasteiger partial charge in [-0.1, -0.05) is 59.7 Å². The molecule has 2 heterocycles. The minimum Gasteiger partial charge on any atom is -0.455 e. The minimum absolute atomic E-state index is 0.0148. The van der Waals surface area contributed by atoms with Gasteiger partial charge in [0.05, 0.1) is 36.4 Å². The summed E-state index contributed by atoms with van der Waals surface area (Å²) in [6, 6.07) is 11.4. The number of hydrogen-bond donors (Lipinski definition) is 2. The Morgan fingerprint density at radius 1 is 1.00 bits per heavy atom. The SMILES string of the molecule is CC[Si](CC)(CC)OC1C[C@@]2(O)[C@@H](OC(=O)c3ccccc3)[C@@H]3[C@]4(OC(C)=O)CO[C@@H]4C[C@H](O)[C@@]3(C)[C@@H]3OC(C)(C)O[C@@H]3C(=C1C)C2(C)C. The predicted octanol–water partition coefficient (Wildman–Crippen LogP) is 5.70. The summed E-state index contributed by atoms with van der Waals surface area (Å²) in [6.07, 6.45) is -4.69. The standard InChI is InChI=1S/C38H56O10Si/c1-11-49(12-2,13-3)48-25-20-38(42)32(44-33(41)24-17-15-14-16-18-24)30-36(10,26(40)19-27-37(30,21-43-27)45-23(5)39)31-29(46-35(8,9)47-31)28(22(25)4)34(38,6)7/h14-18,25-27,29-32,40,42H,11-13,19-21H2,1-10H3/t25?,26-,27+,29+,30-,31+,32-,36+,37-,38+/m0/s1. The van der Waals surface area contributed by atoms with E-state index in [1.165, 1.54) is 6.92 Å². The second-order valence-corrected chi connectivity index (χ2v) is 21.0. The van der Waals surface area contributed by atoms with Gasteiger partial charge in [-0.3, -0.25) is 4.79 Å². The quantitative estimate of drug-likeness (QED) is 0.198. The van der Waals surface area contributed by atoms with Gasteiger partial charge in [0.25, 0.3) is 0 Å². The summed E-state index contributed by atoms with van der Waals surface area (Å²) >= 11 is 0. The Morgan fingerprint density at radius 2 is 1.63 bits per heavy atom. The number of fused-ring (bicyclic) bond motifs is 8. The van der Waals surface area contributed by atoms with Gasteiger partial charge in [0, 0.05) is 30.6 Å². The number of esters is 2. The summed E-state index contributed by atoms with van der Waals surface area (Å²) in [5, 5.41) is 26.0. The lowest BCUT2D eigenvalue weighted by Crippen LogP contribution is -2.82. The lowest BCUT2D eigenvalue weighted by molar-refractivity contribution is -0.362. The first kappa shape index (κ1) is 36.7. The van der Waals surface area contributed by atoms with E-state index in [0.29, 0.717) is 5.56 Å². The normalized spacial score (nSPS) is 40.5. The molecule has 49 heavy (non-hydrogen) atoms. The number of rotatable bonds is 8. The average molecular weight is 701 g/mol. The van der Waals surface area contributed by atoms with Crippen molar-refractivity contribution in [3.63, 3.8) is 0 Å².